The Labute approximate surface area is 167 Å². The predicted molar refractivity (Wildman–Crippen MR) is 115 cm³/mol. The van der Waals surface area contributed by atoms with Crippen molar-refractivity contribution in [2.24, 2.45) is 5.92 Å². The molecule has 0 saturated heterocycles. The van der Waals surface area contributed by atoms with E-state index in [0.717, 1.165) is 19.4 Å². The van der Waals surface area contributed by atoms with Gasteiger partial charge in [-0.2, -0.15) is 0 Å². The third-order valence-electron chi connectivity index (χ3n) is 6.15. The van der Waals surface area contributed by atoms with E-state index in [9.17, 15) is 4.79 Å². The number of para-hydroxylation sites is 1. The summed E-state index contributed by atoms with van der Waals surface area (Å²) < 4.78 is 2.31. The molecule has 3 aromatic rings. The van der Waals surface area contributed by atoms with Crippen molar-refractivity contribution in [2.45, 2.75) is 58.0 Å². The molecule has 0 spiro atoms. The molecule has 0 bridgehead atoms. The Bertz CT molecular complexity index is 928. The number of carbonyl (C=O) groups excluding carboxylic acids is 1. The van der Waals surface area contributed by atoms with Crippen LogP contribution in [-0.4, -0.2) is 16.5 Å². The number of nitrogens with one attached hydrogen (secondary N) is 1. The third kappa shape index (κ3) is 4.30. The number of fused-ring (bicyclic) bond motifs is 1. The van der Waals surface area contributed by atoms with Crippen LogP contribution in [0.3, 0.4) is 0 Å². The van der Waals surface area contributed by atoms with E-state index >= 15 is 0 Å². The molecule has 3 nitrogen and oxygen atoms in total. The molecular formula is C25H30N2O. The van der Waals surface area contributed by atoms with E-state index in [1.807, 2.05) is 0 Å². The van der Waals surface area contributed by atoms with E-state index in [1.165, 1.54) is 41.3 Å². The van der Waals surface area contributed by atoms with Crippen molar-refractivity contribution in [2.75, 3.05) is 0 Å². The second-order valence-corrected chi connectivity index (χ2v) is 8.22. The van der Waals surface area contributed by atoms with Gasteiger partial charge in [0.05, 0.1) is 0 Å². The summed E-state index contributed by atoms with van der Waals surface area (Å²) in [5.41, 5.74) is 3.79. The minimum absolute atomic E-state index is 0.193. The van der Waals surface area contributed by atoms with Crippen molar-refractivity contribution in [1.29, 1.82) is 0 Å². The van der Waals surface area contributed by atoms with E-state index < -0.39 is 0 Å². The molecule has 146 valence electrons. The molecule has 1 fully saturated rings. The van der Waals surface area contributed by atoms with Gasteiger partial charge in [-0.05, 0) is 42.4 Å². The Morgan fingerprint density at radius 1 is 1.04 bits per heavy atom. The van der Waals surface area contributed by atoms with Crippen molar-refractivity contribution in [3.63, 3.8) is 0 Å². The molecule has 1 aliphatic rings. The summed E-state index contributed by atoms with van der Waals surface area (Å²) >= 11 is 0. The van der Waals surface area contributed by atoms with Gasteiger partial charge < -0.3 is 9.88 Å². The Balaban J connectivity index is 1.45. The van der Waals surface area contributed by atoms with Gasteiger partial charge in [-0.25, -0.2) is 0 Å². The first-order chi connectivity index (χ1) is 13.7. The maximum atomic E-state index is 12.5. The molecular weight excluding hydrogens is 344 g/mol. The molecule has 2 atom stereocenters. The Morgan fingerprint density at radius 2 is 1.79 bits per heavy atom. The highest BCUT2D eigenvalue weighted by molar-refractivity contribution is 5.85. The quantitative estimate of drug-likeness (QED) is 0.623. The Kier molecular flexibility index (Phi) is 5.80. The van der Waals surface area contributed by atoms with Crippen molar-refractivity contribution >= 4 is 16.8 Å². The Morgan fingerprint density at radius 3 is 2.61 bits per heavy atom. The highest BCUT2D eigenvalue weighted by atomic mass is 16.1. The average Bonchev–Trinajstić information content (AvgIpc) is 3.07. The first kappa shape index (κ1) is 18.8. The van der Waals surface area contributed by atoms with Crippen LogP contribution in [-0.2, 0) is 17.8 Å². The summed E-state index contributed by atoms with van der Waals surface area (Å²) in [7, 11) is 0. The fourth-order valence-electron chi connectivity index (χ4n) is 4.49. The molecule has 1 N–H and O–H groups in total. The van der Waals surface area contributed by atoms with Crippen LogP contribution in [0.1, 0.15) is 50.2 Å². The number of amides is 1. The number of hydrogen-bond acceptors (Lipinski definition) is 1. The van der Waals surface area contributed by atoms with Gasteiger partial charge in [0.2, 0.25) is 5.91 Å². The molecule has 0 unspecified atom stereocenters. The van der Waals surface area contributed by atoms with Gasteiger partial charge >= 0.3 is 0 Å². The maximum Gasteiger partial charge on any atom is 0.220 e. The van der Waals surface area contributed by atoms with Crippen LogP contribution < -0.4 is 5.32 Å². The molecule has 3 heteroatoms. The van der Waals surface area contributed by atoms with Gasteiger partial charge in [0.25, 0.3) is 0 Å². The number of benzene rings is 2. The largest absolute Gasteiger partial charge is 0.353 e. The van der Waals surface area contributed by atoms with E-state index in [-0.39, 0.29) is 5.91 Å². The van der Waals surface area contributed by atoms with Crippen LogP contribution >= 0.6 is 0 Å². The zero-order valence-electron chi connectivity index (χ0n) is 16.7. The number of hydrogen-bond donors (Lipinski definition) is 1. The summed E-state index contributed by atoms with van der Waals surface area (Å²) in [4.78, 5) is 12.5. The lowest BCUT2D eigenvalue weighted by Crippen LogP contribution is -2.41. The second-order valence-electron chi connectivity index (χ2n) is 8.22. The van der Waals surface area contributed by atoms with Gasteiger partial charge in [-0.3, -0.25) is 4.79 Å². The van der Waals surface area contributed by atoms with Crippen LogP contribution in [0.2, 0.25) is 0 Å². The van der Waals surface area contributed by atoms with Gasteiger partial charge in [0.15, 0.2) is 0 Å². The lowest BCUT2D eigenvalue weighted by molar-refractivity contribution is -0.122. The lowest BCUT2D eigenvalue weighted by atomic mass is 9.86. The molecule has 0 aliphatic heterocycles. The molecule has 1 heterocycles. The minimum atomic E-state index is 0.193. The zero-order valence-corrected chi connectivity index (χ0v) is 16.7. The third-order valence-corrected chi connectivity index (χ3v) is 6.15. The van der Waals surface area contributed by atoms with Crippen molar-refractivity contribution in [3.8, 4) is 0 Å². The fraction of sp³-hybridized carbons (Fsp3) is 0.400. The van der Waals surface area contributed by atoms with E-state index in [4.69, 9.17) is 0 Å². The molecule has 1 aromatic heterocycles. The normalized spacial score (nSPS) is 19.6. The molecule has 1 saturated carbocycles. The first-order valence-electron chi connectivity index (χ1n) is 10.6. The van der Waals surface area contributed by atoms with E-state index in [0.29, 0.717) is 18.4 Å². The summed E-state index contributed by atoms with van der Waals surface area (Å²) in [6.07, 6.45) is 8.48. The smallest absolute Gasteiger partial charge is 0.220 e. The lowest BCUT2D eigenvalue weighted by Gasteiger charge is -2.29. The van der Waals surface area contributed by atoms with Crippen LogP contribution in [0.5, 0.6) is 0 Å². The van der Waals surface area contributed by atoms with Crippen LogP contribution in [0.25, 0.3) is 10.9 Å². The zero-order chi connectivity index (χ0) is 19.3. The number of nitrogens with zero attached hydrogens (tertiary/aromatic N) is 1. The molecule has 2 aromatic carbocycles. The molecule has 1 aliphatic carbocycles. The number of rotatable bonds is 6. The van der Waals surface area contributed by atoms with Crippen molar-refractivity contribution in [3.05, 3.63) is 71.9 Å². The van der Waals surface area contributed by atoms with Gasteiger partial charge in [-0.15, -0.1) is 0 Å². The van der Waals surface area contributed by atoms with Gasteiger partial charge in [-0.1, -0.05) is 68.3 Å². The second kappa shape index (κ2) is 8.64. The van der Waals surface area contributed by atoms with Gasteiger partial charge in [0.1, 0.15) is 0 Å². The number of carbonyl (C=O) groups is 1. The van der Waals surface area contributed by atoms with Crippen LogP contribution in [0, 0.1) is 5.92 Å². The topological polar surface area (TPSA) is 34.0 Å². The minimum Gasteiger partial charge on any atom is -0.353 e. The molecule has 0 radical (unpaired) electrons. The van der Waals surface area contributed by atoms with Gasteiger partial charge in [0, 0.05) is 36.1 Å². The molecule has 4 rings (SSSR count). The highest BCUT2D eigenvalue weighted by Gasteiger charge is 2.22. The van der Waals surface area contributed by atoms with Crippen molar-refractivity contribution in [1.82, 2.24) is 9.88 Å². The monoisotopic (exact) mass is 374 g/mol. The predicted octanol–water partition coefficient (Wildman–Crippen LogP) is 5.32. The highest BCUT2D eigenvalue weighted by Crippen LogP contribution is 2.25. The standard InChI is InChI=1S/C25H30N2O/c1-19-9-5-7-13-23(19)26-25(28)16-15-21-18-27(17-20-10-3-2-4-11-20)24-14-8-6-12-22(21)24/h2-4,6,8,10-12,14,18-19,23H,5,7,9,13,15-17H2,1H3,(H,26,28)/t19-,23-/m0/s1. The summed E-state index contributed by atoms with van der Waals surface area (Å²) in [5, 5.41) is 4.55. The van der Waals surface area contributed by atoms with E-state index in [2.05, 4.69) is 77.6 Å². The summed E-state index contributed by atoms with van der Waals surface area (Å²) in [6.45, 7) is 3.12. The molecule has 1 amide bonds. The fourth-order valence-corrected chi connectivity index (χ4v) is 4.49. The summed E-state index contributed by atoms with van der Waals surface area (Å²) in [5.74, 6) is 0.795. The van der Waals surface area contributed by atoms with Crippen molar-refractivity contribution < 1.29 is 4.79 Å². The first-order valence-corrected chi connectivity index (χ1v) is 10.6. The Hall–Kier alpha value is -2.55. The van der Waals surface area contributed by atoms with E-state index in [1.54, 1.807) is 0 Å². The number of aryl methyl sites for hydroxylation is 1. The summed E-state index contributed by atoms with van der Waals surface area (Å²) in [6, 6.07) is 19.4. The van der Waals surface area contributed by atoms with Crippen LogP contribution in [0.15, 0.2) is 60.8 Å². The number of aromatic nitrogens is 1. The SMILES string of the molecule is C[C@H]1CCCC[C@@H]1NC(=O)CCc1cn(Cc2ccccc2)c2ccccc12. The van der Waals surface area contributed by atoms with Crippen LogP contribution in [0.4, 0.5) is 0 Å². The maximum absolute atomic E-state index is 12.5. The molecule has 28 heavy (non-hydrogen) atoms. The average molecular weight is 375 g/mol.